The van der Waals surface area contributed by atoms with Crippen LogP contribution in [-0.4, -0.2) is 30.9 Å². The second-order valence-electron chi connectivity index (χ2n) is 10.6. The molecule has 2 bridgehead atoms. The van der Waals surface area contributed by atoms with E-state index in [1.807, 2.05) is 0 Å². The molecule has 5 nitrogen and oxygen atoms in total. The van der Waals surface area contributed by atoms with Gasteiger partial charge in [0.05, 0.1) is 7.11 Å². The smallest absolute Gasteiger partial charge is 0.350 e. The maximum absolute atomic E-state index is 12.9. The molecule has 0 N–H and O–H groups in total. The van der Waals surface area contributed by atoms with Gasteiger partial charge in [0.25, 0.3) is 0 Å². The summed E-state index contributed by atoms with van der Waals surface area (Å²) in [4.78, 5) is 36.8. The van der Waals surface area contributed by atoms with Crippen LogP contribution in [0, 0.1) is 34.0 Å². The van der Waals surface area contributed by atoms with Crippen molar-refractivity contribution in [2.45, 2.75) is 84.2 Å². The van der Waals surface area contributed by atoms with E-state index in [-0.39, 0.29) is 28.1 Å². The number of ether oxygens (including phenoxy) is 2. The third kappa shape index (κ3) is 2.46. The zero-order valence-corrected chi connectivity index (χ0v) is 17.7. The molecule has 7 atom stereocenters. The van der Waals surface area contributed by atoms with E-state index >= 15 is 0 Å². The number of methoxy groups -OCH3 is 1. The number of fused-ring (bicyclic) bond motifs is 3. The molecule has 0 aliphatic heterocycles. The highest BCUT2D eigenvalue weighted by atomic mass is 16.6. The second-order valence-corrected chi connectivity index (χ2v) is 10.6. The molecule has 0 saturated heterocycles. The number of hydrogen-bond acceptors (Lipinski definition) is 5. The van der Waals surface area contributed by atoms with E-state index in [2.05, 4.69) is 13.8 Å². The Labute approximate surface area is 167 Å². The van der Waals surface area contributed by atoms with E-state index < -0.39 is 11.6 Å². The number of hydrogen-bond donors (Lipinski definition) is 0. The van der Waals surface area contributed by atoms with Crippen LogP contribution in [0.5, 0.6) is 0 Å². The lowest BCUT2D eigenvalue weighted by Gasteiger charge is -2.63. The van der Waals surface area contributed by atoms with Crippen molar-refractivity contribution < 1.29 is 23.9 Å². The molecule has 5 heteroatoms. The molecule has 28 heavy (non-hydrogen) atoms. The molecule has 156 valence electrons. The van der Waals surface area contributed by atoms with Crippen LogP contribution >= 0.6 is 0 Å². The van der Waals surface area contributed by atoms with E-state index in [1.54, 1.807) is 0 Å². The monoisotopic (exact) mass is 390 g/mol. The van der Waals surface area contributed by atoms with E-state index in [1.165, 1.54) is 20.3 Å². The van der Waals surface area contributed by atoms with Crippen LogP contribution in [0.3, 0.4) is 0 Å². The second kappa shape index (κ2) is 6.30. The Morgan fingerprint density at radius 1 is 1.04 bits per heavy atom. The predicted octanol–water partition coefficient (Wildman–Crippen LogP) is 4.07. The Bertz CT molecular complexity index is 703. The molecule has 0 radical (unpaired) electrons. The van der Waals surface area contributed by atoms with Crippen molar-refractivity contribution >= 4 is 18.2 Å². The minimum Gasteiger partial charge on any atom is -0.466 e. The third-order valence-electron chi connectivity index (χ3n) is 9.35. The van der Waals surface area contributed by atoms with Crippen LogP contribution in [-0.2, 0) is 23.9 Å². The van der Waals surface area contributed by atoms with Gasteiger partial charge in [0.15, 0.2) is 0 Å². The first-order chi connectivity index (χ1) is 13.2. The summed E-state index contributed by atoms with van der Waals surface area (Å²) in [5.41, 5.74) is -1.24. The highest BCUT2D eigenvalue weighted by Crippen LogP contribution is 2.73. The summed E-state index contributed by atoms with van der Waals surface area (Å²) in [7, 11) is 1.39. The molecule has 0 aromatic heterocycles. The minimum atomic E-state index is -1.12. The zero-order valence-electron chi connectivity index (χ0n) is 17.7. The van der Waals surface area contributed by atoms with Gasteiger partial charge in [0.1, 0.15) is 6.29 Å². The summed E-state index contributed by atoms with van der Waals surface area (Å²) in [6.45, 7) is 5.93. The van der Waals surface area contributed by atoms with E-state index in [9.17, 15) is 14.4 Å². The van der Waals surface area contributed by atoms with Gasteiger partial charge < -0.3 is 14.3 Å². The minimum absolute atomic E-state index is 0.0128. The lowest BCUT2D eigenvalue weighted by molar-refractivity contribution is -0.185. The van der Waals surface area contributed by atoms with Crippen LogP contribution in [0.2, 0.25) is 0 Å². The normalized spacial score (nSPS) is 49.5. The Morgan fingerprint density at radius 2 is 1.79 bits per heavy atom. The fourth-order valence-corrected chi connectivity index (χ4v) is 8.49. The number of aldehydes is 1. The van der Waals surface area contributed by atoms with Crippen LogP contribution in [0.1, 0.15) is 78.6 Å². The van der Waals surface area contributed by atoms with Gasteiger partial charge in [-0.15, -0.1) is 0 Å². The molecule has 4 saturated carbocycles. The lowest BCUT2D eigenvalue weighted by atomic mass is 9.41. The number of esters is 2. The highest BCUT2D eigenvalue weighted by Gasteiger charge is 2.71. The van der Waals surface area contributed by atoms with Crippen molar-refractivity contribution in [2.75, 3.05) is 7.11 Å². The average Bonchev–Trinajstić information content (AvgIpc) is 2.87. The van der Waals surface area contributed by atoms with E-state index in [0.29, 0.717) is 18.3 Å². The molecule has 4 aliphatic carbocycles. The summed E-state index contributed by atoms with van der Waals surface area (Å²) in [5.74, 6) is 0.120. The Morgan fingerprint density at radius 3 is 2.43 bits per heavy atom. The van der Waals surface area contributed by atoms with Crippen LogP contribution in [0.4, 0.5) is 0 Å². The fourth-order valence-electron chi connectivity index (χ4n) is 8.49. The topological polar surface area (TPSA) is 69.7 Å². The van der Waals surface area contributed by atoms with Gasteiger partial charge in [0, 0.05) is 24.7 Å². The maximum Gasteiger partial charge on any atom is 0.350 e. The quantitative estimate of drug-likeness (QED) is 0.537. The zero-order chi connectivity index (χ0) is 20.4. The van der Waals surface area contributed by atoms with E-state index in [0.717, 1.165) is 51.4 Å². The number of carbonyl (C=O) groups excluding carboxylic acids is 3. The standard InChI is InChI=1S/C23H34O5/c1-15(25)28-23(19(26)27-4)13-22-11-8-17-20(2,14-24)9-5-10-21(17,3)18(22)7-6-16(23)12-22/h14,16-18H,5-13H2,1-4H3/t16-,17?,18?,20-,21+,22+,23-/m0/s1. The Hall–Kier alpha value is -1.39. The molecule has 0 aromatic rings. The molecule has 2 unspecified atom stereocenters. The fraction of sp³-hybridized carbons (Fsp3) is 0.870. The number of carbonyl (C=O) groups is 3. The molecular weight excluding hydrogens is 356 g/mol. The maximum atomic E-state index is 12.9. The molecule has 1 spiro atoms. The Kier molecular flexibility index (Phi) is 4.48. The SMILES string of the molecule is COC(=O)[C@]1(OC(C)=O)C[C@]23CCC4[C@@](C)(CCC[C@@]4(C)C=O)C2CC[C@H]1C3. The van der Waals surface area contributed by atoms with Crippen molar-refractivity contribution in [3.63, 3.8) is 0 Å². The molecular formula is C23H34O5. The Balaban J connectivity index is 1.73. The van der Waals surface area contributed by atoms with Crippen LogP contribution in [0.15, 0.2) is 0 Å². The van der Waals surface area contributed by atoms with Gasteiger partial charge in [-0.25, -0.2) is 4.79 Å². The van der Waals surface area contributed by atoms with Gasteiger partial charge in [-0.3, -0.25) is 4.79 Å². The molecule has 0 amide bonds. The summed E-state index contributed by atoms with van der Waals surface area (Å²) in [6, 6.07) is 0. The predicted molar refractivity (Wildman–Crippen MR) is 103 cm³/mol. The first-order valence-electron chi connectivity index (χ1n) is 10.9. The van der Waals surface area contributed by atoms with Gasteiger partial charge in [-0.05, 0) is 67.6 Å². The van der Waals surface area contributed by atoms with Gasteiger partial charge in [-0.2, -0.15) is 0 Å². The first kappa shape index (κ1) is 19.9. The van der Waals surface area contributed by atoms with Crippen molar-refractivity contribution in [3.8, 4) is 0 Å². The molecule has 4 rings (SSSR count). The lowest BCUT2D eigenvalue weighted by Crippen LogP contribution is -2.56. The van der Waals surface area contributed by atoms with Crippen molar-refractivity contribution in [3.05, 3.63) is 0 Å². The van der Waals surface area contributed by atoms with Crippen molar-refractivity contribution in [1.82, 2.24) is 0 Å². The highest BCUT2D eigenvalue weighted by molar-refractivity contribution is 5.84. The summed E-state index contributed by atoms with van der Waals surface area (Å²) < 4.78 is 10.9. The number of rotatable bonds is 3. The van der Waals surface area contributed by atoms with Crippen molar-refractivity contribution in [1.29, 1.82) is 0 Å². The van der Waals surface area contributed by atoms with Gasteiger partial charge in [0.2, 0.25) is 5.60 Å². The summed E-state index contributed by atoms with van der Waals surface area (Å²) >= 11 is 0. The third-order valence-corrected chi connectivity index (χ3v) is 9.35. The molecule has 0 aromatic carbocycles. The summed E-state index contributed by atoms with van der Waals surface area (Å²) in [5, 5.41) is 0. The van der Waals surface area contributed by atoms with Gasteiger partial charge in [-0.1, -0.05) is 20.3 Å². The molecule has 4 aliphatic rings. The molecule has 4 fully saturated rings. The van der Waals surface area contributed by atoms with Gasteiger partial charge >= 0.3 is 11.9 Å². The van der Waals surface area contributed by atoms with Crippen LogP contribution < -0.4 is 0 Å². The summed E-state index contributed by atoms with van der Waals surface area (Å²) in [6.07, 6.45) is 9.92. The van der Waals surface area contributed by atoms with E-state index in [4.69, 9.17) is 9.47 Å². The largest absolute Gasteiger partial charge is 0.466 e. The molecule has 0 heterocycles. The first-order valence-corrected chi connectivity index (χ1v) is 10.9. The average molecular weight is 391 g/mol. The van der Waals surface area contributed by atoms with Crippen molar-refractivity contribution in [2.24, 2.45) is 34.0 Å². The van der Waals surface area contributed by atoms with Crippen LogP contribution in [0.25, 0.3) is 0 Å².